The van der Waals surface area contributed by atoms with Crippen molar-refractivity contribution in [2.75, 3.05) is 26.1 Å². The zero-order valence-corrected chi connectivity index (χ0v) is 10.5. The zero-order valence-electron chi connectivity index (χ0n) is 8.30. The molecule has 0 saturated carbocycles. The molecule has 15 heavy (non-hydrogen) atoms. The largest absolute Gasteiger partial charge is 0.486 e. The minimum absolute atomic E-state index is 0.111. The highest BCUT2D eigenvalue weighted by molar-refractivity contribution is 14.2. The lowest BCUT2D eigenvalue weighted by molar-refractivity contribution is 0.143. The Morgan fingerprint density at radius 2 is 2.33 bits per heavy atom. The van der Waals surface area contributed by atoms with Crippen LogP contribution in [0.2, 0.25) is 0 Å². The van der Waals surface area contributed by atoms with Crippen LogP contribution in [-0.2, 0) is 4.74 Å². The summed E-state index contributed by atoms with van der Waals surface area (Å²) in [6.07, 6.45) is 0. The number of rotatable bonds is 5. The summed E-state index contributed by atoms with van der Waals surface area (Å²) in [7, 11) is 1.55. The molecule has 0 amide bonds. The second-order valence-electron chi connectivity index (χ2n) is 2.62. The Balaban J connectivity index is 2.82. The van der Waals surface area contributed by atoms with Crippen LogP contribution in [0.15, 0.2) is 6.07 Å². The van der Waals surface area contributed by atoms with Crippen molar-refractivity contribution in [3.8, 4) is 5.75 Å². The summed E-state index contributed by atoms with van der Waals surface area (Å²) in [5.41, 5.74) is 5.51. The fourth-order valence-electron chi connectivity index (χ4n) is 0.906. The molecular formula is C9H12FIN2O2. The number of hydrogen-bond acceptors (Lipinski definition) is 4. The minimum atomic E-state index is -0.690. The van der Waals surface area contributed by atoms with E-state index >= 15 is 0 Å². The molecule has 0 aliphatic heterocycles. The first-order valence-electron chi connectivity index (χ1n) is 4.15. The molecule has 1 heterocycles. The third-order valence-electron chi connectivity index (χ3n) is 1.61. The molecule has 4 nitrogen and oxygen atoms in total. The van der Waals surface area contributed by atoms with Gasteiger partial charge in [-0.2, -0.15) is 9.37 Å². The Labute approximate surface area is 97.3 Å². The van der Waals surface area contributed by atoms with E-state index in [1.54, 1.807) is 13.2 Å². The highest BCUT2D eigenvalue weighted by Crippen LogP contribution is 2.24. The van der Waals surface area contributed by atoms with Gasteiger partial charge in [-0.15, -0.1) is 0 Å². The number of anilines is 1. The third-order valence-corrected chi connectivity index (χ3v) is 3.30. The highest BCUT2D eigenvalue weighted by Gasteiger charge is 2.09. The van der Waals surface area contributed by atoms with E-state index in [2.05, 4.69) is 9.50 Å². The van der Waals surface area contributed by atoms with Gasteiger partial charge < -0.3 is 15.2 Å². The molecule has 0 radical (unpaired) electrons. The molecule has 0 atom stereocenters. The summed E-state index contributed by atoms with van der Waals surface area (Å²) < 4.78 is 27.7. The molecule has 0 fully saturated rings. The number of ether oxygens (including phenoxy) is 2. The quantitative estimate of drug-likeness (QED) is 0.505. The fourth-order valence-corrected chi connectivity index (χ4v) is 1.92. The average Bonchev–Trinajstić information content (AvgIpc) is 2.21. The number of pyridine rings is 1. The number of methoxy groups -OCH3 is 1. The first-order chi connectivity index (χ1) is 7.19. The minimum Gasteiger partial charge on any atom is -0.486 e. The molecule has 0 spiro atoms. The van der Waals surface area contributed by atoms with Crippen LogP contribution in [0.1, 0.15) is 0 Å². The molecule has 0 aromatic carbocycles. The standard InChI is InChI=1S/C9H12FIN2O2/c1-11-6-5-7(15-4-3-14-2)8(10)13-9(6)12/h5H,1,3-4H2,2H3,(H2,12,13). The van der Waals surface area contributed by atoms with E-state index in [0.717, 1.165) is 3.57 Å². The third kappa shape index (κ3) is 3.38. The average molecular weight is 326 g/mol. The van der Waals surface area contributed by atoms with Crippen molar-refractivity contribution in [1.82, 2.24) is 4.98 Å². The number of aromatic nitrogens is 1. The number of nitrogen functional groups attached to an aromatic ring is 1. The van der Waals surface area contributed by atoms with Gasteiger partial charge in [0.25, 0.3) is 5.95 Å². The summed E-state index contributed by atoms with van der Waals surface area (Å²) >= 11 is -0.477. The summed E-state index contributed by atoms with van der Waals surface area (Å²) in [5.74, 6) is -0.376. The Bertz CT molecular complexity index is 360. The molecule has 0 aliphatic carbocycles. The first-order valence-corrected chi connectivity index (χ1v) is 6.75. The molecular weight excluding hydrogens is 314 g/mol. The zero-order chi connectivity index (χ0) is 11.3. The van der Waals surface area contributed by atoms with E-state index < -0.39 is 26.7 Å². The van der Waals surface area contributed by atoms with Gasteiger partial charge in [0.1, 0.15) is 12.4 Å². The molecule has 6 heteroatoms. The number of hydrogen-bond donors (Lipinski definition) is 1. The van der Waals surface area contributed by atoms with Gasteiger partial charge in [-0.1, -0.05) is 25.2 Å². The molecule has 0 unspecified atom stereocenters. The summed E-state index contributed by atoms with van der Waals surface area (Å²) in [6, 6.07) is 1.56. The smallest absolute Gasteiger partial charge is 0.257 e. The molecule has 1 aromatic rings. The van der Waals surface area contributed by atoms with Crippen molar-refractivity contribution < 1.29 is 13.9 Å². The van der Waals surface area contributed by atoms with Crippen LogP contribution in [0.5, 0.6) is 5.75 Å². The molecule has 1 aromatic heterocycles. The Morgan fingerprint density at radius 1 is 1.60 bits per heavy atom. The molecule has 0 aliphatic rings. The van der Waals surface area contributed by atoms with Gasteiger partial charge in [0.15, 0.2) is 5.75 Å². The maximum atomic E-state index is 13.2. The van der Waals surface area contributed by atoms with Crippen LogP contribution >= 0.6 is 20.7 Å². The normalized spacial score (nSPS) is 10.3. The lowest BCUT2D eigenvalue weighted by Crippen LogP contribution is -2.07. The van der Waals surface area contributed by atoms with Gasteiger partial charge in [0, 0.05) is 13.2 Å². The Hall–Kier alpha value is -0.760. The van der Waals surface area contributed by atoms with E-state index in [0.29, 0.717) is 6.61 Å². The number of nitrogens with two attached hydrogens (primary N) is 1. The second-order valence-corrected chi connectivity index (χ2v) is 4.54. The van der Waals surface area contributed by atoms with Gasteiger partial charge >= 0.3 is 0 Å². The van der Waals surface area contributed by atoms with Crippen LogP contribution in [0.25, 0.3) is 0 Å². The van der Waals surface area contributed by atoms with Crippen LogP contribution in [0.4, 0.5) is 10.2 Å². The van der Waals surface area contributed by atoms with E-state index in [-0.39, 0.29) is 18.2 Å². The van der Waals surface area contributed by atoms with Crippen LogP contribution in [0.3, 0.4) is 0 Å². The summed E-state index contributed by atoms with van der Waals surface area (Å²) in [4.78, 5) is 3.56. The van der Waals surface area contributed by atoms with Crippen molar-refractivity contribution in [3.63, 3.8) is 0 Å². The lowest BCUT2D eigenvalue weighted by atomic mass is 10.4. The van der Waals surface area contributed by atoms with Crippen LogP contribution in [-0.4, -0.2) is 29.8 Å². The fraction of sp³-hybridized carbons (Fsp3) is 0.333. The summed E-state index contributed by atoms with van der Waals surface area (Å²) in [6.45, 7) is 0.687. The van der Waals surface area contributed by atoms with Crippen molar-refractivity contribution >= 4 is 31.1 Å². The van der Waals surface area contributed by atoms with Crippen molar-refractivity contribution in [2.24, 2.45) is 0 Å². The van der Waals surface area contributed by atoms with Gasteiger partial charge in [0.05, 0.1) is 10.2 Å². The monoisotopic (exact) mass is 326 g/mol. The Morgan fingerprint density at radius 3 is 2.93 bits per heavy atom. The summed E-state index contributed by atoms with van der Waals surface area (Å²) in [5, 5.41) is 0. The molecule has 1 rings (SSSR count). The second kappa shape index (κ2) is 5.96. The van der Waals surface area contributed by atoms with E-state index in [1.807, 2.05) is 0 Å². The van der Waals surface area contributed by atoms with Gasteiger partial charge in [-0.3, -0.25) is 0 Å². The first kappa shape index (κ1) is 12.3. The molecule has 0 bridgehead atoms. The highest BCUT2D eigenvalue weighted by atomic mass is 127. The van der Waals surface area contributed by atoms with Crippen LogP contribution < -0.4 is 10.5 Å². The SMILES string of the molecule is C=Ic1cc(OCCOC)c(F)nc1N. The topological polar surface area (TPSA) is 57.4 Å². The number of nitrogens with zero attached hydrogens (tertiary/aromatic N) is 1. The van der Waals surface area contributed by atoms with Crippen molar-refractivity contribution in [1.29, 1.82) is 0 Å². The Kier molecular flexibility index (Phi) is 4.89. The predicted octanol–water partition coefficient (Wildman–Crippen LogP) is 1.40. The maximum Gasteiger partial charge on any atom is 0.257 e. The van der Waals surface area contributed by atoms with Gasteiger partial charge in [0.2, 0.25) is 0 Å². The predicted molar refractivity (Wildman–Crippen MR) is 65.8 cm³/mol. The van der Waals surface area contributed by atoms with Gasteiger partial charge in [-0.05, 0) is 0 Å². The van der Waals surface area contributed by atoms with Gasteiger partial charge in [-0.25, -0.2) is 0 Å². The lowest BCUT2D eigenvalue weighted by Gasteiger charge is -2.07. The molecule has 84 valence electrons. The van der Waals surface area contributed by atoms with Crippen molar-refractivity contribution in [2.45, 2.75) is 0 Å². The molecule has 2 N–H and O–H groups in total. The van der Waals surface area contributed by atoms with E-state index in [4.69, 9.17) is 15.2 Å². The van der Waals surface area contributed by atoms with Crippen molar-refractivity contribution in [3.05, 3.63) is 15.6 Å². The van der Waals surface area contributed by atoms with E-state index in [1.165, 1.54) is 0 Å². The van der Waals surface area contributed by atoms with Crippen LogP contribution in [0, 0.1) is 9.52 Å². The molecule has 0 saturated heterocycles. The number of halogens is 2. The maximum absolute atomic E-state index is 13.2. The van der Waals surface area contributed by atoms with E-state index in [9.17, 15) is 4.39 Å².